The Kier molecular flexibility index (Phi) is 4.19. The highest BCUT2D eigenvalue weighted by Crippen LogP contribution is 2.24. The highest BCUT2D eigenvalue weighted by molar-refractivity contribution is 6.30. The SMILES string of the molecule is C=C(C)N(C(=C)c1ccc(Cl)cc1)C(C)C. The summed E-state index contributed by atoms with van der Waals surface area (Å²) in [6, 6.07) is 8.05. The fourth-order valence-corrected chi connectivity index (χ4v) is 1.89. The van der Waals surface area contributed by atoms with E-state index in [1.807, 2.05) is 31.2 Å². The molecule has 16 heavy (non-hydrogen) atoms. The molecule has 0 amide bonds. The molecular formula is C14H18ClN. The van der Waals surface area contributed by atoms with Gasteiger partial charge < -0.3 is 4.90 Å². The van der Waals surface area contributed by atoms with Crippen LogP contribution in [0.3, 0.4) is 0 Å². The second kappa shape index (κ2) is 5.22. The fourth-order valence-electron chi connectivity index (χ4n) is 1.76. The van der Waals surface area contributed by atoms with Crippen LogP contribution in [0.15, 0.2) is 43.1 Å². The minimum Gasteiger partial charge on any atom is -0.343 e. The predicted molar refractivity (Wildman–Crippen MR) is 72.3 cm³/mol. The van der Waals surface area contributed by atoms with Crippen molar-refractivity contribution in [2.75, 3.05) is 0 Å². The van der Waals surface area contributed by atoms with E-state index in [-0.39, 0.29) is 0 Å². The summed E-state index contributed by atoms with van der Waals surface area (Å²) in [4.78, 5) is 2.11. The molecule has 0 N–H and O–H groups in total. The molecule has 2 heteroatoms. The topological polar surface area (TPSA) is 3.24 Å². The first-order chi connectivity index (χ1) is 7.43. The lowest BCUT2D eigenvalue weighted by molar-refractivity contribution is 0.408. The quantitative estimate of drug-likeness (QED) is 0.740. The number of hydrogen-bond donors (Lipinski definition) is 0. The van der Waals surface area contributed by atoms with Crippen molar-refractivity contribution in [1.29, 1.82) is 0 Å². The van der Waals surface area contributed by atoms with Crippen molar-refractivity contribution >= 4 is 17.3 Å². The molecule has 0 unspecified atom stereocenters. The third-order valence-corrected chi connectivity index (χ3v) is 2.65. The molecule has 0 aliphatic heterocycles. The summed E-state index contributed by atoms with van der Waals surface area (Å²) in [6.45, 7) is 14.3. The van der Waals surface area contributed by atoms with Gasteiger partial charge in [0.15, 0.2) is 0 Å². The normalized spacial score (nSPS) is 10.3. The smallest absolute Gasteiger partial charge is 0.0410 e. The van der Waals surface area contributed by atoms with Gasteiger partial charge in [-0.15, -0.1) is 0 Å². The van der Waals surface area contributed by atoms with Gasteiger partial charge in [0.2, 0.25) is 0 Å². The maximum atomic E-state index is 5.86. The van der Waals surface area contributed by atoms with Gasteiger partial charge in [-0.1, -0.05) is 36.9 Å². The van der Waals surface area contributed by atoms with Crippen molar-refractivity contribution < 1.29 is 0 Å². The molecule has 0 atom stereocenters. The summed E-state index contributed by atoms with van der Waals surface area (Å²) < 4.78 is 0. The minimum absolute atomic E-state index is 0.348. The lowest BCUT2D eigenvalue weighted by atomic mass is 10.1. The van der Waals surface area contributed by atoms with Gasteiger partial charge in [0.05, 0.1) is 0 Å². The van der Waals surface area contributed by atoms with Crippen molar-refractivity contribution in [2.45, 2.75) is 26.8 Å². The molecule has 0 aliphatic rings. The molecule has 0 aromatic heterocycles. The molecular weight excluding hydrogens is 218 g/mol. The Balaban J connectivity index is 2.99. The molecule has 0 bridgehead atoms. The van der Waals surface area contributed by atoms with Crippen molar-refractivity contribution in [1.82, 2.24) is 4.90 Å². The number of nitrogens with zero attached hydrogens (tertiary/aromatic N) is 1. The number of rotatable bonds is 4. The van der Waals surface area contributed by atoms with Gasteiger partial charge in [-0.3, -0.25) is 0 Å². The third-order valence-electron chi connectivity index (χ3n) is 2.40. The average molecular weight is 236 g/mol. The van der Waals surface area contributed by atoms with E-state index in [1.165, 1.54) is 0 Å². The zero-order chi connectivity index (χ0) is 12.3. The van der Waals surface area contributed by atoms with Gasteiger partial charge in [-0.2, -0.15) is 0 Å². The Bertz CT molecular complexity index is 390. The van der Waals surface area contributed by atoms with E-state index in [1.54, 1.807) is 0 Å². The summed E-state index contributed by atoms with van der Waals surface area (Å²) in [7, 11) is 0. The van der Waals surface area contributed by atoms with Gasteiger partial charge in [0.25, 0.3) is 0 Å². The Morgan fingerprint density at radius 3 is 2.06 bits per heavy atom. The van der Waals surface area contributed by atoms with Crippen LogP contribution >= 0.6 is 11.6 Å². The molecule has 1 aromatic rings. The fraction of sp³-hybridized carbons (Fsp3) is 0.286. The third kappa shape index (κ3) is 2.89. The van der Waals surface area contributed by atoms with E-state index in [2.05, 4.69) is 31.9 Å². The molecule has 86 valence electrons. The van der Waals surface area contributed by atoms with E-state index < -0.39 is 0 Å². The summed E-state index contributed by atoms with van der Waals surface area (Å²) >= 11 is 5.86. The van der Waals surface area contributed by atoms with E-state index in [9.17, 15) is 0 Å². The Labute approximate surface area is 103 Å². The molecule has 1 rings (SSSR count). The van der Waals surface area contributed by atoms with E-state index in [0.29, 0.717) is 6.04 Å². The lowest BCUT2D eigenvalue weighted by Crippen LogP contribution is -2.26. The second-order valence-electron chi connectivity index (χ2n) is 4.15. The zero-order valence-electron chi connectivity index (χ0n) is 10.1. The molecule has 0 aliphatic carbocycles. The maximum absolute atomic E-state index is 5.86. The predicted octanol–water partition coefficient (Wildman–Crippen LogP) is 4.55. The van der Waals surface area contributed by atoms with E-state index in [4.69, 9.17) is 11.6 Å². The molecule has 1 aromatic carbocycles. The second-order valence-corrected chi connectivity index (χ2v) is 4.59. The van der Waals surface area contributed by atoms with Crippen LogP contribution in [0.25, 0.3) is 5.70 Å². The van der Waals surface area contributed by atoms with Crippen LogP contribution < -0.4 is 0 Å². The Hall–Kier alpha value is -1.21. The maximum Gasteiger partial charge on any atom is 0.0410 e. The van der Waals surface area contributed by atoms with Crippen LogP contribution in [0.4, 0.5) is 0 Å². The monoisotopic (exact) mass is 235 g/mol. The average Bonchev–Trinajstić information content (AvgIpc) is 2.17. The summed E-state index contributed by atoms with van der Waals surface area (Å²) in [5, 5.41) is 0.739. The van der Waals surface area contributed by atoms with Crippen molar-refractivity contribution in [3.05, 3.63) is 53.7 Å². The van der Waals surface area contributed by atoms with Crippen LogP contribution in [0.1, 0.15) is 26.3 Å². The molecule has 0 saturated carbocycles. The largest absolute Gasteiger partial charge is 0.343 e. The number of hydrogen-bond acceptors (Lipinski definition) is 1. The number of benzene rings is 1. The van der Waals surface area contributed by atoms with Gasteiger partial charge >= 0.3 is 0 Å². The zero-order valence-corrected chi connectivity index (χ0v) is 10.9. The highest BCUT2D eigenvalue weighted by atomic mass is 35.5. The lowest BCUT2D eigenvalue weighted by Gasteiger charge is -2.31. The van der Waals surface area contributed by atoms with Gasteiger partial charge in [-0.05, 0) is 38.5 Å². The Morgan fingerprint density at radius 1 is 1.19 bits per heavy atom. The van der Waals surface area contributed by atoms with Gasteiger partial charge in [0, 0.05) is 22.5 Å². The summed E-state index contributed by atoms with van der Waals surface area (Å²) in [5.41, 5.74) is 3.02. The molecule has 0 spiro atoms. The van der Waals surface area contributed by atoms with Crippen LogP contribution in [0, 0.1) is 0 Å². The number of allylic oxidation sites excluding steroid dienone is 1. The van der Waals surface area contributed by atoms with E-state index in [0.717, 1.165) is 22.0 Å². The van der Waals surface area contributed by atoms with E-state index >= 15 is 0 Å². The summed E-state index contributed by atoms with van der Waals surface area (Å²) in [5.74, 6) is 0. The van der Waals surface area contributed by atoms with Crippen molar-refractivity contribution in [3.63, 3.8) is 0 Å². The van der Waals surface area contributed by atoms with Crippen LogP contribution in [0.5, 0.6) is 0 Å². The highest BCUT2D eigenvalue weighted by Gasteiger charge is 2.13. The first kappa shape index (κ1) is 12.9. The molecule has 0 heterocycles. The first-order valence-corrected chi connectivity index (χ1v) is 5.71. The molecule has 0 radical (unpaired) electrons. The van der Waals surface area contributed by atoms with Crippen LogP contribution in [-0.2, 0) is 0 Å². The summed E-state index contributed by atoms with van der Waals surface area (Å²) in [6.07, 6.45) is 0. The van der Waals surface area contributed by atoms with Crippen molar-refractivity contribution in [2.24, 2.45) is 0 Å². The first-order valence-electron chi connectivity index (χ1n) is 5.33. The standard InChI is InChI=1S/C14H18ClN/c1-10(2)16(11(3)4)12(5)13-6-8-14(15)9-7-13/h6-9,11H,1,5H2,2-4H3. The molecule has 0 fully saturated rings. The Morgan fingerprint density at radius 2 is 1.69 bits per heavy atom. The van der Waals surface area contributed by atoms with Crippen molar-refractivity contribution in [3.8, 4) is 0 Å². The van der Waals surface area contributed by atoms with Gasteiger partial charge in [-0.25, -0.2) is 0 Å². The minimum atomic E-state index is 0.348. The van der Waals surface area contributed by atoms with Gasteiger partial charge in [0.1, 0.15) is 0 Å². The molecule has 1 nitrogen and oxygen atoms in total. The van der Waals surface area contributed by atoms with Crippen LogP contribution in [-0.4, -0.2) is 10.9 Å². The number of halogens is 1. The van der Waals surface area contributed by atoms with Crippen LogP contribution in [0.2, 0.25) is 5.02 Å². The molecule has 0 saturated heterocycles.